The lowest BCUT2D eigenvalue weighted by molar-refractivity contribution is -0.137. The molecule has 1 fully saturated rings. The molecule has 1 aliphatic rings. The molecule has 0 aliphatic heterocycles. The predicted octanol–water partition coefficient (Wildman–Crippen LogP) is 3.77. The zero-order chi connectivity index (χ0) is 16.5. The van der Waals surface area contributed by atoms with Gasteiger partial charge in [0.1, 0.15) is 0 Å². The third-order valence-electron chi connectivity index (χ3n) is 4.08. The minimum atomic E-state index is -4.38. The van der Waals surface area contributed by atoms with Crippen LogP contribution in [-0.4, -0.2) is 23.4 Å². The van der Waals surface area contributed by atoms with E-state index >= 15 is 0 Å². The summed E-state index contributed by atoms with van der Waals surface area (Å²) in [5.74, 6) is -0.413. The average molecular weight is 351 g/mol. The molecule has 1 aromatic carbocycles. The molecule has 2 rings (SSSR count). The molecule has 1 saturated carbocycles. The van der Waals surface area contributed by atoms with Gasteiger partial charge in [-0.1, -0.05) is 19.1 Å². The van der Waals surface area contributed by atoms with Crippen LogP contribution >= 0.6 is 12.4 Å². The molecule has 0 aromatic heterocycles. The molecule has 130 valence electrons. The second-order valence-electron chi connectivity index (χ2n) is 5.91. The molecule has 1 amide bonds. The molecule has 2 atom stereocenters. The van der Waals surface area contributed by atoms with Crippen LogP contribution in [0.5, 0.6) is 0 Å². The van der Waals surface area contributed by atoms with Gasteiger partial charge in [0, 0.05) is 18.5 Å². The number of halogens is 4. The highest BCUT2D eigenvalue weighted by Crippen LogP contribution is 2.37. The second-order valence-corrected chi connectivity index (χ2v) is 5.91. The molecule has 0 saturated heterocycles. The molecule has 0 radical (unpaired) electrons. The van der Waals surface area contributed by atoms with Crippen LogP contribution in [0.4, 0.5) is 13.2 Å². The number of rotatable bonds is 5. The Morgan fingerprint density at radius 2 is 1.96 bits per heavy atom. The molecular formula is C16H22ClF3N2O. The lowest BCUT2D eigenvalue weighted by Gasteiger charge is -2.32. The Labute approximate surface area is 140 Å². The van der Waals surface area contributed by atoms with Crippen molar-refractivity contribution in [2.75, 3.05) is 6.54 Å². The molecule has 0 spiro atoms. The zero-order valence-corrected chi connectivity index (χ0v) is 14.0. The van der Waals surface area contributed by atoms with Gasteiger partial charge in [-0.25, -0.2) is 0 Å². The van der Waals surface area contributed by atoms with Gasteiger partial charge >= 0.3 is 6.18 Å². The number of benzene rings is 1. The summed E-state index contributed by atoms with van der Waals surface area (Å²) < 4.78 is 38.5. The summed E-state index contributed by atoms with van der Waals surface area (Å²) in [6, 6.07) is 4.91. The van der Waals surface area contributed by atoms with Crippen LogP contribution in [0.25, 0.3) is 0 Å². The van der Waals surface area contributed by atoms with E-state index in [0.29, 0.717) is 5.56 Å². The maximum Gasteiger partial charge on any atom is 0.416 e. The third-order valence-corrected chi connectivity index (χ3v) is 4.08. The molecule has 23 heavy (non-hydrogen) atoms. The zero-order valence-electron chi connectivity index (χ0n) is 13.1. The number of carbonyl (C=O) groups is 1. The molecule has 0 heterocycles. The van der Waals surface area contributed by atoms with E-state index in [1.165, 1.54) is 6.07 Å². The second kappa shape index (κ2) is 7.53. The van der Waals surface area contributed by atoms with Crippen molar-refractivity contribution >= 4 is 18.3 Å². The van der Waals surface area contributed by atoms with Gasteiger partial charge in [0.05, 0.1) is 11.6 Å². The minimum Gasteiger partial charge on any atom is -0.333 e. The first-order valence-electron chi connectivity index (χ1n) is 7.45. The molecule has 1 aromatic rings. The smallest absolute Gasteiger partial charge is 0.333 e. The SMILES string of the molecule is CC(CN)C(=O)N(C1CC1)C(C)c1cccc(C(F)(F)F)c1.Cl. The third kappa shape index (κ3) is 4.61. The normalized spacial score (nSPS) is 17.1. The molecule has 1 aliphatic carbocycles. The number of hydrogen-bond donors (Lipinski definition) is 1. The summed E-state index contributed by atoms with van der Waals surface area (Å²) in [7, 11) is 0. The Kier molecular flexibility index (Phi) is 6.48. The van der Waals surface area contributed by atoms with Gasteiger partial charge in [-0.3, -0.25) is 4.79 Å². The number of hydrogen-bond acceptors (Lipinski definition) is 2. The van der Waals surface area contributed by atoms with E-state index in [1.54, 1.807) is 24.8 Å². The Hall–Kier alpha value is -1.27. The summed E-state index contributed by atoms with van der Waals surface area (Å²) in [5, 5.41) is 0. The van der Waals surface area contributed by atoms with E-state index in [1.807, 2.05) is 0 Å². The van der Waals surface area contributed by atoms with Crippen LogP contribution in [0.1, 0.15) is 43.9 Å². The lowest BCUT2D eigenvalue weighted by Crippen LogP contribution is -2.41. The summed E-state index contributed by atoms with van der Waals surface area (Å²) in [5.41, 5.74) is 5.37. The molecule has 7 heteroatoms. The van der Waals surface area contributed by atoms with Crippen molar-refractivity contribution in [3.8, 4) is 0 Å². The summed E-state index contributed by atoms with van der Waals surface area (Å²) in [6.07, 6.45) is -2.59. The highest BCUT2D eigenvalue weighted by molar-refractivity contribution is 5.85. The van der Waals surface area contributed by atoms with Crippen molar-refractivity contribution in [1.29, 1.82) is 0 Å². The first kappa shape index (κ1) is 19.8. The Bertz CT molecular complexity index is 546. The van der Waals surface area contributed by atoms with E-state index in [-0.39, 0.29) is 36.8 Å². The van der Waals surface area contributed by atoms with Crippen molar-refractivity contribution < 1.29 is 18.0 Å². The highest BCUT2D eigenvalue weighted by atomic mass is 35.5. The Morgan fingerprint density at radius 1 is 1.35 bits per heavy atom. The van der Waals surface area contributed by atoms with Crippen LogP contribution in [0.3, 0.4) is 0 Å². The fraction of sp³-hybridized carbons (Fsp3) is 0.562. The number of alkyl halides is 3. The highest BCUT2D eigenvalue weighted by Gasteiger charge is 2.38. The number of carbonyl (C=O) groups excluding carboxylic acids is 1. The first-order valence-corrected chi connectivity index (χ1v) is 7.45. The van der Waals surface area contributed by atoms with Crippen LogP contribution in [0, 0.1) is 5.92 Å². The van der Waals surface area contributed by atoms with Crippen molar-refractivity contribution in [3.05, 3.63) is 35.4 Å². The molecule has 2 N–H and O–H groups in total. The lowest BCUT2D eigenvalue weighted by atomic mass is 10.0. The fourth-order valence-electron chi connectivity index (χ4n) is 2.53. The molecular weight excluding hydrogens is 329 g/mol. The predicted molar refractivity (Wildman–Crippen MR) is 85.2 cm³/mol. The van der Waals surface area contributed by atoms with Gasteiger partial charge in [-0.2, -0.15) is 13.2 Å². The number of amides is 1. The van der Waals surface area contributed by atoms with E-state index < -0.39 is 17.8 Å². The fourth-order valence-corrected chi connectivity index (χ4v) is 2.53. The summed E-state index contributed by atoms with van der Waals surface area (Å²) in [4.78, 5) is 14.2. The Balaban J connectivity index is 0.00000264. The average Bonchev–Trinajstić information content (AvgIpc) is 3.30. The van der Waals surface area contributed by atoms with Crippen molar-refractivity contribution in [3.63, 3.8) is 0 Å². The number of nitrogens with two attached hydrogens (primary N) is 1. The molecule has 3 nitrogen and oxygen atoms in total. The Morgan fingerprint density at radius 3 is 2.43 bits per heavy atom. The summed E-state index contributed by atoms with van der Waals surface area (Å²) >= 11 is 0. The van der Waals surface area contributed by atoms with Crippen LogP contribution < -0.4 is 5.73 Å². The molecule has 2 unspecified atom stereocenters. The maximum atomic E-state index is 12.8. The van der Waals surface area contributed by atoms with Crippen molar-refractivity contribution in [1.82, 2.24) is 4.90 Å². The largest absolute Gasteiger partial charge is 0.416 e. The maximum absolute atomic E-state index is 12.8. The topological polar surface area (TPSA) is 46.3 Å². The van der Waals surface area contributed by atoms with Crippen LogP contribution in [-0.2, 0) is 11.0 Å². The minimum absolute atomic E-state index is 0. The van der Waals surface area contributed by atoms with Gasteiger partial charge in [0.2, 0.25) is 5.91 Å². The van der Waals surface area contributed by atoms with E-state index in [2.05, 4.69) is 0 Å². The van der Waals surface area contributed by atoms with Gasteiger partial charge < -0.3 is 10.6 Å². The van der Waals surface area contributed by atoms with Gasteiger partial charge in [-0.05, 0) is 37.5 Å². The van der Waals surface area contributed by atoms with Crippen LogP contribution in [0.2, 0.25) is 0 Å². The van der Waals surface area contributed by atoms with E-state index in [0.717, 1.165) is 25.0 Å². The van der Waals surface area contributed by atoms with E-state index in [4.69, 9.17) is 5.73 Å². The van der Waals surface area contributed by atoms with Gasteiger partial charge in [0.15, 0.2) is 0 Å². The number of nitrogens with zero attached hydrogens (tertiary/aromatic N) is 1. The summed E-state index contributed by atoms with van der Waals surface area (Å²) in [6.45, 7) is 3.75. The van der Waals surface area contributed by atoms with Crippen molar-refractivity contribution in [2.45, 2.75) is 44.9 Å². The quantitative estimate of drug-likeness (QED) is 0.878. The van der Waals surface area contributed by atoms with Gasteiger partial charge in [-0.15, -0.1) is 12.4 Å². The molecule has 0 bridgehead atoms. The first-order chi connectivity index (χ1) is 10.3. The monoisotopic (exact) mass is 350 g/mol. The van der Waals surface area contributed by atoms with E-state index in [9.17, 15) is 18.0 Å². The van der Waals surface area contributed by atoms with Crippen molar-refractivity contribution in [2.24, 2.45) is 11.7 Å². The van der Waals surface area contributed by atoms with Gasteiger partial charge in [0.25, 0.3) is 0 Å². The van der Waals surface area contributed by atoms with Crippen LogP contribution in [0.15, 0.2) is 24.3 Å². The standard InChI is InChI=1S/C16H21F3N2O.ClH/c1-10(9-20)15(22)21(14-6-7-14)11(2)12-4-3-5-13(8-12)16(17,18)19;/h3-5,8,10-11,14H,6-7,9,20H2,1-2H3;1H.